The Morgan fingerprint density at radius 3 is 2.29 bits per heavy atom. The Hall–Kier alpha value is -4.64. The number of amides is 2. The Morgan fingerprint density at radius 2 is 1.62 bits per heavy atom. The molecule has 5 rings (SSSR count). The monoisotopic (exact) mass is 454 g/mol. The van der Waals surface area contributed by atoms with Crippen molar-refractivity contribution in [3.05, 3.63) is 93.5 Å². The molecule has 0 unspecified atom stereocenters. The van der Waals surface area contributed by atoms with Gasteiger partial charge < -0.3 is 14.2 Å². The molecule has 0 fully saturated rings. The van der Waals surface area contributed by atoms with E-state index in [0.717, 1.165) is 21.6 Å². The lowest BCUT2D eigenvalue weighted by atomic mass is 10.0. The smallest absolute Gasteiger partial charge is 0.293 e. The average molecular weight is 454 g/mol. The van der Waals surface area contributed by atoms with Gasteiger partial charge in [-0.1, -0.05) is 24.3 Å². The SMILES string of the molecule is N#Cc1cc2c(cc1CN1C(=O)c3ccccc3C1=O)OCc1ccc(COC=O)cc1CO2. The molecule has 2 aliphatic heterocycles. The molecule has 168 valence electrons. The average Bonchev–Trinajstić information content (AvgIpc) is 3.09. The second-order valence-corrected chi connectivity index (χ2v) is 7.90. The second-order valence-electron chi connectivity index (χ2n) is 7.90. The summed E-state index contributed by atoms with van der Waals surface area (Å²) in [5.41, 5.74) is 4.09. The maximum absolute atomic E-state index is 12.8. The van der Waals surface area contributed by atoms with Gasteiger partial charge in [0, 0.05) is 6.07 Å². The summed E-state index contributed by atoms with van der Waals surface area (Å²) in [4.78, 5) is 37.1. The fourth-order valence-electron chi connectivity index (χ4n) is 4.10. The van der Waals surface area contributed by atoms with Crippen LogP contribution in [0.15, 0.2) is 54.6 Å². The van der Waals surface area contributed by atoms with Crippen LogP contribution in [0.3, 0.4) is 0 Å². The summed E-state index contributed by atoms with van der Waals surface area (Å²) in [5.74, 6) is 0.0286. The number of nitrogens with zero attached hydrogens (tertiary/aromatic N) is 2. The van der Waals surface area contributed by atoms with Gasteiger partial charge in [-0.25, -0.2) is 0 Å². The van der Waals surface area contributed by atoms with Gasteiger partial charge in [0.25, 0.3) is 18.3 Å². The van der Waals surface area contributed by atoms with E-state index >= 15 is 0 Å². The van der Waals surface area contributed by atoms with E-state index in [4.69, 9.17) is 14.2 Å². The third kappa shape index (κ3) is 3.73. The van der Waals surface area contributed by atoms with Crippen molar-refractivity contribution in [3.63, 3.8) is 0 Å². The quantitative estimate of drug-likeness (QED) is 0.429. The first-order valence-electron chi connectivity index (χ1n) is 10.5. The normalized spacial score (nSPS) is 13.9. The third-order valence-electron chi connectivity index (χ3n) is 5.85. The van der Waals surface area contributed by atoms with Crippen LogP contribution in [0.2, 0.25) is 0 Å². The molecule has 3 aromatic rings. The summed E-state index contributed by atoms with van der Waals surface area (Å²) in [6, 6.07) is 17.6. The van der Waals surface area contributed by atoms with Crippen LogP contribution < -0.4 is 9.47 Å². The molecule has 3 aromatic carbocycles. The van der Waals surface area contributed by atoms with Gasteiger partial charge in [-0.05, 0) is 46.5 Å². The van der Waals surface area contributed by atoms with Crippen LogP contribution in [-0.4, -0.2) is 23.2 Å². The molecular formula is C26H18N2O6. The zero-order valence-corrected chi connectivity index (χ0v) is 17.9. The van der Waals surface area contributed by atoms with Crippen molar-refractivity contribution in [3.8, 4) is 17.6 Å². The molecule has 0 aromatic heterocycles. The number of fused-ring (bicyclic) bond motifs is 3. The van der Waals surface area contributed by atoms with Gasteiger partial charge in [-0.2, -0.15) is 5.26 Å². The number of ether oxygens (including phenoxy) is 3. The Morgan fingerprint density at radius 1 is 0.941 bits per heavy atom. The first-order chi connectivity index (χ1) is 16.6. The van der Waals surface area contributed by atoms with E-state index in [2.05, 4.69) is 6.07 Å². The van der Waals surface area contributed by atoms with Gasteiger partial charge in [-0.3, -0.25) is 19.3 Å². The molecule has 8 nitrogen and oxygen atoms in total. The number of rotatable bonds is 5. The van der Waals surface area contributed by atoms with Crippen molar-refractivity contribution >= 4 is 18.3 Å². The molecule has 0 bridgehead atoms. The standard InChI is InChI=1S/C26H18N2O6/c27-10-18-8-23-24(33-13-17-6-5-16(12-32-15-29)7-20(17)14-34-23)9-19(18)11-28-25(30)21-3-1-2-4-22(21)26(28)31/h1-9,15H,11-14H2. The van der Waals surface area contributed by atoms with Crippen LogP contribution in [0.25, 0.3) is 0 Å². The predicted molar refractivity (Wildman–Crippen MR) is 118 cm³/mol. The summed E-state index contributed by atoms with van der Waals surface area (Å²) in [6.07, 6.45) is 0. The van der Waals surface area contributed by atoms with E-state index < -0.39 is 11.8 Å². The highest BCUT2D eigenvalue weighted by atomic mass is 16.5. The van der Waals surface area contributed by atoms with Crippen LogP contribution in [-0.2, 0) is 35.9 Å². The highest BCUT2D eigenvalue weighted by Gasteiger charge is 2.35. The topological polar surface area (TPSA) is 106 Å². The predicted octanol–water partition coefficient (Wildman–Crippen LogP) is 3.50. The molecule has 0 N–H and O–H groups in total. The van der Waals surface area contributed by atoms with E-state index in [1.54, 1.807) is 36.4 Å². The van der Waals surface area contributed by atoms with Gasteiger partial charge >= 0.3 is 0 Å². The molecule has 0 atom stereocenters. The zero-order chi connectivity index (χ0) is 23.7. The second kappa shape index (κ2) is 8.71. The van der Waals surface area contributed by atoms with Crippen molar-refractivity contribution in [1.82, 2.24) is 4.90 Å². The van der Waals surface area contributed by atoms with E-state index in [1.165, 1.54) is 0 Å². The Balaban J connectivity index is 1.41. The summed E-state index contributed by atoms with van der Waals surface area (Å²) in [6.45, 7) is 1.01. The molecule has 34 heavy (non-hydrogen) atoms. The molecule has 0 spiro atoms. The zero-order valence-electron chi connectivity index (χ0n) is 17.9. The summed E-state index contributed by atoms with van der Waals surface area (Å²) in [7, 11) is 0. The van der Waals surface area contributed by atoms with Crippen molar-refractivity contribution in [1.29, 1.82) is 5.26 Å². The summed E-state index contributed by atoms with van der Waals surface area (Å²) in [5, 5.41) is 9.72. The molecule has 0 radical (unpaired) electrons. The molecule has 0 aliphatic carbocycles. The fourth-order valence-corrected chi connectivity index (χ4v) is 4.10. The van der Waals surface area contributed by atoms with Crippen LogP contribution in [0.1, 0.15) is 48.5 Å². The van der Waals surface area contributed by atoms with Crippen molar-refractivity contribution < 1.29 is 28.6 Å². The number of hydrogen-bond acceptors (Lipinski definition) is 7. The van der Waals surface area contributed by atoms with Crippen molar-refractivity contribution in [2.75, 3.05) is 0 Å². The number of carbonyl (C=O) groups is 3. The first kappa shape index (κ1) is 21.2. The number of carbonyl (C=O) groups excluding carboxylic acids is 3. The van der Waals surface area contributed by atoms with Gasteiger partial charge in [0.05, 0.1) is 29.3 Å². The lowest BCUT2D eigenvalue weighted by molar-refractivity contribution is -0.129. The van der Waals surface area contributed by atoms with Gasteiger partial charge in [-0.15, -0.1) is 0 Å². The number of hydrogen-bond donors (Lipinski definition) is 0. The fraction of sp³-hybridized carbons (Fsp3) is 0.154. The van der Waals surface area contributed by atoms with Crippen LogP contribution in [0, 0.1) is 11.3 Å². The highest BCUT2D eigenvalue weighted by molar-refractivity contribution is 6.21. The molecule has 2 amide bonds. The minimum Gasteiger partial charge on any atom is -0.485 e. The Kier molecular flexibility index (Phi) is 5.44. The maximum Gasteiger partial charge on any atom is 0.293 e. The number of imide groups is 1. The molecule has 8 heteroatoms. The number of nitriles is 1. The Labute approximate surface area is 194 Å². The van der Waals surface area contributed by atoms with Crippen LogP contribution in [0.4, 0.5) is 0 Å². The summed E-state index contributed by atoms with van der Waals surface area (Å²) >= 11 is 0. The molecular weight excluding hydrogens is 436 g/mol. The molecule has 0 saturated heterocycles. The highest BCUT2D eigenvalue weighted by Crippen LogP contribution is 2.36. The maximum atomic E-state index is 12.8. The van der Waals surface area contributed by atoms with Crippen molar-refractivity contribution in [2.45, 2.75) is 26.4 Å². The minimum atomic E-state index is -0.392. The third-order valence-corrected chi connectivity index (χ3v) is 5.85. The van der Waals surface area contributed by atoms with Gasteiger partial charge in [0.15, 0.2) is 11.5 Å². The minimum absolute atomic E-state index is 0.0530. The molecule has 2 aliphatic rings. The van der Waals surface area contributed by atoms with E-state index in [1.807, 2.05) is 18.2 Å². The lowest BCUT2D eigenvalue weighted by Gasteiger charge is -2.22. The molecule has 2 heterocycles. The van der Waals surface area contributed by atoms with Crippen molar-refractivity contribution in [2.24, 2.45) is 0 Å². The van der Waals surface area contributed by atoms with Gasteiger partial charge in [0.1, 0.15) is 19.8 Å². The first-order valence-corrected chi connectivity index (χ1v) is 10.5. The molecule has 0 saturated carbocycles. The van der Waals surface area contributed by atoms with Crippen LogP contribution in [0.5, 0.6) is 11.5 Å². The lowest BCUT2D eigenvalue weighted by Crippen LogP contribution is -2.29. The van der Waals surface area contributed by atoms with E-state index in [-0.39, 0.29) is 31.9 Å². The van der Waals surface area contributed by atoms with Gasteiger partial charge in [0.2, 0.25) is 0 Å². The number of benzene rings is 3. The van der Waals surface area contributed by atoms with E-state index in [0.29, 0.717) is 34.7 Å². The summed E-state index contributed by atoms with van der Waals surface area (Å²) < 4.78 is 16.7. The van der Waals surface area contributed by atoms with Crippen LogP contribution >= 0.6 is 0 Å². The van der Waals surface area contributed by atoms with E-state index in [9.17, 15) is 19.6 Å². The Bertz CT molecular complexity index is 1340. The largest absolute Gasteiger partial charge is 0.485 e.